The van der Waals surface area contributed by atoms with E-state index in [1.54, 1.807) is 0 Å². The summed E-state index contributed by atoms with van der Waals surface area (Å²) in [4.78, 5) is 22.3. The van der Waals surface area contributed by atoms with Gasteiger partial charge in [-0.25, -0.2) is 0 Å². The van der Waals surface area contributed by atoms with Crippen LogP contribution in [0.3, 0.4) is 0 Å². The summed E-state index contributed by atoms with van der Waals surface area (Å²) in [5.74, 6) is -0.649. The maximum Gasteiger partial charge on any atom is 0.307 e. The zero-order valence-electron chi connectivity index (χ0n) is 8.99. The van der Waals surface area contributed by atoms with Gasteiger partial charge in [-0.05, 0) is 31.6 Å². The molecule has 0 saturated heterocycles. The smallest absolute Gasteiger partial charge is 0.307 e. The number of Topliss-reactive ketones (excluding diaryl/α,β-unsaturated/α-hetero) is 1. The highest BCUT2D eigenvalue weighted by molar-refractivity contribution is 5.84. The molecule has 0 aliphatic heterocycles. The number of aliphatic carboxylic acids is 1. The normalized spacial score (nSPS) is 37.9. The van der Waals surface area contributed by atoms with Crippen LogP contribution in [0.25, 0.3) is 0 Å². The Morgan fingerprint density at radius 1 is 1.07 bits per heavy atom. The highest BCUT2D eigenvalue weighted by Gasteiger charge is 2.39. The third-order valence-electron chi connectivity index (χ3n) is 3.55. The maximum atomic E-state index is 11.3. The summed E-state index contributed by atoms with van der Waals surface area (Å²) in [6, 6.07) is 0. The predicted molar refractivity (Wildman–Crippen MR) is 52.9 cm³/mol. The number of carbonyl (C=O) groups excluding carboxylic acids is 1. The van der Waals surface area contributed by atoms with Gasteiger partial charge in [-0.15, -0.1) is 0 Å². The lowest BCUT2D eigenvalue weighted by Gasteiger charge is -2.35. The predicted octanol–water partition coefficient (Wildman–Crippen LogP) is 1.96. The topological polar surface area (TPSA) is 54.4 Å². The van der Waals surface area contributed by atoms with Crippen LogP contribution in [0.2, 0.25) is 0 Å². The Bertz CT molecular complexity index is 221. The van der Waals surface area contributed by atoms with E-state index in [9.17, 15) is 9.59 Å². The molecule has 0 bridgehead atoms. The van der Waals surface area contributed by atoms with Crippen molar-refractivity contribution in [3.63, 3.8) is 0 Å². The largest absolute Gasteiger partial charge is 0.481 e. The summed E-state index contributed by atoms with van der Waals surface area (Å²) in [6.45, 7) is 5.67. The number of hydrogen-bond donors (Lipinski definition) is 1. The number of hydrogen-bond acceptors (Lipinski definition) is 2. The number of carboxylic acid groups (broad SMARTS) is 1. The number of ketones is 1. The van der Waals surface area contributed by atoms with Gasteiger partial charge in [0.1, 0.15) is 5.78 Å². The Kier molecular flexibility index (Phi) is 3.29. The lowest BCUT2D eigenvalue weighted by Crippen LogP contribution is -2.37. The van der Waals surface area contributed by atoms with E-state index in [0.717, 1.165) is 6.42 Å². The van der Waals surface area contributed by atoms with Gasteiger partial charge in [0.2, 0.25) is 0 Å². The van der Waals surface area contributed by atoms with E-state index in [-0.39, 0.29) is 11.7 Å². The zero-order chi connectivity index (χ0) is 10.9. The molecule has 0 aromatic heterocycles. The second kappa shape index (κ2) is 4.11. The Hall–Kier alpha value is -0.860. The molecule has 3 nitrogen and oxygen atoms in total. The third kappa shape index (κ3) is 2.14. The average molecular weight is 198 g/mol. The van der Waals surface area contributed by atoms with Crippen LogP contribution >= 0.6 is 0 Å². The van der Waals surface area contributed by atoms with Crippen LogP contribution in [0.4, 0.5) is 0 Å². The van der Waals surface area contributed by atoms with Gasteiger partial charge in [-0.2, -0.15) is 0 Å². The van der Waals surface area contributed by atoms with Crippen molar-refractivity contribution in [1.29, 1.82) is 0 Å². The van der Waals surface area contributed by atoms with Crippen LogP contribution in [0.5, 0.6) is 0 Å². The molecule has 1 aliphatic rings. The molecular formula is C11H18O3. The van der Waals surface area contributed by atoms with Gasteiger partial charge in [0.15, 0.2) is 0 Å². The molecule has 3 heteroatoms. The van der Waals surface area contributed by atoms with Gasteiger partial charge in [-0.1, -0.05) is 13.8 Å². The highest BCUT2D eigenvalue weighted by Crippen LogP contribution is 2.38. The fourth-order valence-corrected chi connectivity index (χ4v) is 2.32. The first-order valence-corrected chi connectivity index (χ1v) is 5.16. The van der Waals surface area contributed by atoms with Crippen LogP contribution < -0.4 is 0 Å². The second-order valence-electron chi connectivity index (χ2n) is 4.59. The Balaban J connectivity index is 2.80. The van der Waals surface area contributed by atoms with Crippen molar-refractivity contribution in [1.82, 2.24) is 0 Å². The van der Waals surface area contributed by atoms with Gasteiger partial charge in [0.25, 0.3) is 0 Å². The van der Waals surface area contributed by atoms with Crippen LogP contribution in [-0.4, -0.2) is 16.9 Å². The SMILES string of the molecule is CC(=O)C1CC(C)C(C)CC1C(=O)O. The van der Waals surface area contributed by atoms with Gasteiger partial charge in [-0.3, -0.25) is 9.59 Å². The minimum atomic E-state index is -0.816. The van der Waals surface area contributed by atoms with Crippen molar-refractivity contribution in [2.75, 3.05) is 0 Å². The maximum absolute atomic E-state index is 11.3. The van der Waals surface area contributed by atoms with Crippen LogP contribution in [-0.2, 0) is 9.59 Å². The summed E-state index contributed by atoms with van der Waals surface area (Å²) in [5, 5.41) is 9.01. The molecule has 4 atom stereocenters. The number of carboxylic acids is 1. The van der Waals surface area contributed by atoms with Crippen molar-refractivity contribution < 1.29 is 14.7 Å². The number of carbonyl (C=O) groups is 2. The summed E-state index contributed by atoms with van der Waals surface area (Å²) < 4.78 is 0. The minimum absolute atomic E-state index is 0.0242. The van der Waals surface area contributed by atoms with Crippen molar-refractivity contribution in [2.24, 2.45) is 23.7 Å². The minimum Gasteiger partial charge on any atom is -0.481 e. The molecule has 0 radical (unpaired) electrons. The summed E-state index contributed by atoms with van der Waals surface area (Å²) >= 11 is 0. The quantitative estimate of drug-likeness (QED) is 0.738. The lowest BCUT2D eigenvalue weighted by atomic mass is 9.68. The Morgan fingerprint density at radius 3 is 1.86 bits per heavy atom. The molecule has 0 aromatic rings. The van der Waals surface area contributed by atoms with Crippen molar-refractivity contribution in [2.45, 2.75) is 33.6 Å². The molecule has 1 saturated carbocycles. The van der Waals surface area contributed by atoms with Crippen molar-refractivity contribution >= 4 is 11.8 Å². The summed E-state index contributed by atoms with van der Waals surface area (Å²) in [6.07, 6.45) is 1.37. The van der Waals surface area contributed by atoms with E-state index in [1.165, 1.54) is 6.92 Å². The van der Waals surface area contributed by atoms with Gasteiger partial charge < -0.3 is 5.11 Å². The lowest BCUT2D eigenvalue weighted by molar-refractivity contribution is -0.149. The van der Waals surface area contributed by atoms with E-state index in [1.807, 2.05) is 0 Å². The van der Waals surface area contributed by atoms with Crippen LogP contribution in [0.1, 0.15) is 33.6 Å². The molecular weight excluding hydrogens is 180 g/mol. The monoisotopic (exact) mass is 198 g/mol. The van der Waals surface area contributed by atoms with Crippen molar-refractivity contribution in [3.8, 4) is 0 Å². The van der Waals surface area contributed by atoms with Gasteiger partial charge in [0.05, 0.1) is 5.92 Å². The molecule has 80 valence electrons. The molecule has 14 heavy (non-hydrogen) atoms. The molecule has 1 rings (SSSR count). The first-order valence-electron chi connectivity index (χ1n) is 5.16. The molecule has 1 aliphatic carbocycles. The number of rotatable bonds is 2. The molecule has 0 amide bonds. The second-order valence-corrected chi connectivity index (χ2v) is 4.59. The molecule has 1 fully saturated rings. The molecule has 0 aromatic carbocycles. The first kappa shape index (κ1) is 11.2. The van der Waals surface area contributed by atoms with E-state index in [0.29, 0.717) is 18.3 Å². The van der Waals surface area contributed by atoms with E-state index in [4.69, 9.17) is 5.11 Å². The Morgan fingerprint density at radius 2 is 1.50 bits per heavy atom. The summed E-state index contributed by atoms with van der Waals surface area (Å²) in [5.41, 5.74) is 0. The fraction of sp³-hybridized carbons (Fsp3) is 0.818. The van der Waals surface area contributed by atoms with Crippen molar-refractivity contribution in [3.05, 3.63) is 0 Å². The van der Waals surface area contributed by atoms with Gasteiger partial charge in [0, 0.05) is 5.92 Å². The highest BCUT2D eigenvalue weighted by atomic mass is 16.4. The van der Waals surface area contributed by atoms with E-state index in [2.05, 4.69) is 13.8 Å². The third-order valence-corrected chi connectivity index (χ3v) is 3.55. The standard InChI is InChI=1S/C11H18O3/c1-6-4-9(8(3)12)10(11(13)14)5-7(6)2/h6-7,9-10H,4-5H2,1-3H3,(H,13,14). The molecule has 0 spiro atoms. The van der Waals surface area contributed by atoms with Crippen LogP contribution in [0, 0.1) is 23.7 Å². The molecule has 0 heterocycles. The zero-order valence-corrected chi connectivity index (χ0v) is 8.99. The average Bonchev–Trinajstić information content (AvgIpc) is 2.08. The molecule has 4 unspecified atom stereocenters. The van der Waals surface area contributed by atoms with E-state index < -0.39 is 11.9 Å². The Labute approximate surface area is 84.5 Å². The van der Waals surface area contributed by atoms with Gasteiger partial charge >= 0.3 is 5.97 Å². The molecule has 1 N–H and O–H groups in total. The van der Waals surface area contributed by atoms with Crippen LogP contribution in [0.15, 0.2) is 0 Å². The van der Waals surface area contributed by atoms with E-state index >= 15 is 0 Å². The first-order chi connectivity index (χ1) is 6.43. The fourth-order valence-electron chi connectivity index (χ4n) is 2.32. The summed E-state index contributed by atoms with van der Waals surface area (Å²) in [7, 11) is 0.